The van der Waals surface area contributed by atoms with Crippen LogP contribution in [0.3, 0.4) is 0 Å². The normalized spacial score (nSPS) is 10.6. The number of amides is 1. The van der Waals surface area contributed by atoms with Crippen molar-refractivity contribution < 1.29 is 28.7 Å². The molecule has 2 rings (SSSR count). The Morgan fingerprint density at radius 1 is 1.20 bits per heavy atom. The summed E-state index contributed by atoms with van der Waals surface area (Å²) in [5, 5.41) is 19.7. The van der Waals surface area contributed by atoms with Crippen molar-refractivity contribution in [3.63, 3.8) is 0 Å². The van der Waals surface area contributed by atoms with E-state index in [1.807, 2.05) is 0 Å². The quantitative estimate of drug-likeness (QED) is 0.173. The largest absolute Gasteiger partial charge is 0.493 e. The van der Waals surface area contributed by atoms with Gasteiger partial charge in [-0.1, -0.05) is 6.07 Å². The maximum atomic E-state index is 12.1. The first kappa shape index (κ1) is 21.9. The summed E-state index contributed by atoms with van der Waals surface area (Å²) in [4.78, 5) is 33.5. The van der Waals surface area contributed by atoms with E-state index in [9.17, 15) is 19.7 Å². The van der Waals surface area contributed by atoms with Crippen molar-refractivity contribution in [2.24, 2.45) is 5.73 Å². The maximum absolute atomic E-state index is 12.1. The highest BCUT2D eigenvalue weighted by atomic mass is 16.6. The van der Waals surface area contributed by atoms with Crippen LogP contribution in [-0.4, -0.2) is 30.5 Å². The molecule has 0 bridgehead atoms. The highest BCUT2D eigenvalue weighted by Gasteiger charge is 2.14. The Morgan fingerprint density at radius 2 is 1.90 bits per heavy atom. The third-order valence-electron chi connectivity index (χ3n) is 3.82. The van der Waals surface area contributed by atoms with Gasteiger partial charge in [0.25, 0.3) is 11.6 Å². The average molecular weight is 411 g/mol. The molecule has 2 N–H and O–H groups in total. The van der Waals surface area contributed by atoms with Gasteiger partial charge in [-0.05, 0) is 42.3 Å². The number of nitriles is 1. The fourth-order valence-corrected chi connectivity index (χ4v) is 2.38. The minimum absolute atomic E-state index is 0.0859. The second-order valence-corrected chi connectivity index (χ2v) is 5.91. The Balaban J connectivity index is 2.09. The minimum atomic E-state index is -0.870. The van der Waals surface area contributed by atoms with Gasteiger partial charge in [-0.3, -0.25) is 14.9 Å². The summed E-state index contributed by atoms with van der Waals surface area (Å²) in [7, 11) is 1.36. The van der Waals surface area contributed by atoms with Crippen LogP contribution < -0.4 is 19.9 Å². The van der Waals surface area contributed by atoms with Crippen LogP contribution in [0.2, 0.25) is 0 Å². The SMILES string of the molecule is COc1cc(/C=C(\C#N)C(N)=O)ccc1OC(=O)COc1ccc([N+](=O)[O-])cc1C. The van der Waals surface area contributed by atoms with E-state index in [4.69, 9.17) is 25.2 Å². The summed E-state index contributed by atoms with van der Waals surface area (Å²) in [6, 6.07) is 10.1. The van der Waals surface area contributed by atoms with Crippen molar-refractivity contribution >= 4 is 23.6 Å². The standard InChI is InChI=1S/C20H17N3O7/c1-12-7-15(23(26)27)4-6-16(12)29-11-19(24)30-17-5-3-13(9-18(17)28-2)8-14(10-21)20(22)25/h3-9H,11H2,1-2H3,(H2,22,25)/b14-8+. The Hall–Kier alpha value is -4.39. The van der Waals surface area contributed by atoms with Crippen molar-refractivity contribution in [3.8, 4) is 23.3 Å². The monoisotopic (exact) mass is 411 g/mol. The molecule has 1 amide bonds. The molecule has 2 aromatic carbocycles. The molecule has 0 radical (unpaired) electrons. The van der Waals surface area contributed by atoms with E-state index in [2.05, 4.69) is 0 Å². The molecule has 2 aromatic rings. The zero-order chi connectivity index (χ0) is 22.3. The van der Waals surface area contributed by atoms with Gasteiger partial charge in [0.15, 0.2) is 18.1 Å². The molecule has 10 heteroatoms. The number of benzene rings is 2. The first-order chi connectivity index (χ1) is 14.2. The minimum Gasteiger partial charge on any atom is -0.493 e. The second kappa shape index (κ2) is 9.70. The fraction of sp³-hybridized carbons (Fsp3) is 0.150. The van der Waals surface area contributed by atoms with E-state index in [1.165, 1.54) is 49.6 Å². The van der Waals surface area contributed by atoms with Crippen LogP contribution in [0.5, 0.6) is 17.2 Å². The number of aryl methyl sites for hydroxylation is 1. The molecule has 0 aromatic heterocycles. The number of ether oxygens (including phenoxy) is 3. The van der Waals surface area contributed by atoms with Crippen molar-refractivity contribution in [1.29, 1.82) is 5.26 Å². The molecular weight excluding hydrogens is 394 g/mol. The molecule has 0 heterocycles. The lowest BCUT2D eigenvalue weighted by atomic mass is 10.1. The summed E-state index contributed by atoms with van der Waals surface area (Å²) in [6.07, 6.45) is 1.27. The Bertz CT molecular complexity index is 1070. The van der Waals surface area contributed by atoms with Crippen molar-refractivity contribution in [2.45, 2.75) is 6.92 Å². The number of hydrogen-bond acceptors (Lipinski definition) is 8. The van der Waals surface area contributed by atoms with Gasteiger partial charge in [0.1, 0.15) is 17.4 Å². The molecule has 0 aliphatic carbocycles. The summed E-state index contributed by atoms with van der Waals surface area (Å²) < 4.78 is 15.8. The number of esters is 1. The maximum Gasteiger partial charge on any atom is 0.349 e. The number of methoxy groups -OCH3 is 1. The summed E-state index contributed by atoms with van der Waals surface area (Å²) in [5.41, 5.74) is 5.71. The van der Waals surface area contributed by atoms with Crippen molar-refractivity contribution in [3.05, 3.63) is 63.2 Å². The lowest BCUT2D eigenvalue weighted by molar-refractivity contribution is -0.384. The molecule has 10 nitrogen and oxygen atoms in total. The van der Waals surface area contributed by atoms with E-state index in [1.54, 1.807) is 13.0 Å². The first-order valence-corrected chi connectivity index (χ1v) is 8.43. The third kappa shape index (κ3) is 5.56. The lowest BCUT2D eigenvalue weighted by Gasteiger charge is -2.11. The average Bonchev–Trinajstić information content (AvgIpc) is 2.71. The molecule has 0 atom stereocenters. The fourth-order valence-electron chi connectivity index (χ4n) is 2.38. The molecule has 0 saturated carbocycles. The van der Waals surface area contributed by atoms with Crippen LogP contribution in [0, 0.1) is 28.4 Å². The van der Waals surface area contributed by atoms with Crippen LogP contribution in [0.25, 0.3) is 6.08 Å². The number of nitro benzene ring substituents is 1. The smallest absolute Gasteiger partial charge is 0.349 e. The van der Waals surface area contributed by atoms with Crippen molar-refractivity contribution in [1.82, 2.24) is 0 Å². The number of rotatable bonds is 8. The molecule has 0 aliphatic rings. The Labute approximate surface area is 171 Å². The molecule has 154 valence electrons. The molecule has 0 spiro atoms. The molecule has 30 heavy (non-hydrogen) atoms. The number of nitrogens with two attached hydrogens (primary N) is 1. The summed E-state index contributed by atoms with van der Waals surface area (Å²) >= 11 is 0. The molecule has 0 aliphatic heterocycles. The number of nitro groups is 1. The number of carbonyl (C=O) groups is 2. The van der Waals surface area contributed by atoms with Gasteiger partial charge in [-0.15, -0.1) is 0 Å². The number of non-ortho nitro benzene ring substituents is 1. The topological polar surface area (TPSA) is 155 Å². The van der Waals surface area contributed by atoms with Gasteiger partial charge < -0.3 is 19.9 Å². The van der Waals surface area contributed by atoms with Gasteiger partial charge in [0.2, 0.25) is 0 Å². The highest BCUT2D eigenvalue weighted by molar-refractivity contribution is 6.00. The van der Waals surface area contributed by atoms with Gasteiger partial charge in [0, 0.05) is 12.1 Å². The predicted molar refractivity (Wildman–Crippen MR) is 105 cm³/mol. The van der Waals surface area contributed by atoms with Crippen molar-refractivity contribution in [2.75, 3.05) is 13.7 Å². The van der Waals surface area contributed by atoms with Gasteiger partial charge in [-0.25, -0.2) is 4.79 Å². The number of primary amides is 1. The Kier molecular flexibility index (Phi) is 7.08. The predicted octanol–water partition coefficient (Wildman–Crippen LogP) is 2.29. The van der Waals surface area contributed by atoms with Gasteiger partial charge in [0.05, 0.1) is 12.0 Å². The first-order valence-electron chi connectivity index (χ1n) is 8.43. The van der Waals surface area contributed by atoms with Crippen LogP contribution in [0.15, 0.2) is 42.0 Å². The van der Waals surface area contributed by atoms with Crippen LogP contribution in [0.4, 0.5) is 5.69 Å². The van der Waals surface area contributed by atoms with E-state index in [0.717, 1.165) is 0 Å². The molecule has 0 saturated heterocycles. The zero-order valence-corrected chi connectivity index (χ0v) is 16.1. The van der Waals surface area contributed by atoms with E-state index in [-0.39, 0.29) is 22.8 Å². The number of hydrogen-bond donors (Lipinski definition) is 1. The highest BCUT2D eigenvalue weighted by Crippen LogP contribution is 2.29. The van der Waals surface area contributed by atoms with E-state index < -0.39 is 23.4 Å². The van der Waals surface area contributed by atoms with E-state index >= 15 is 0 Å². The third-order valence-corrected chi connectivity index (χ3v) is 3.82. The van der Waals surface area contributed by atoms with Crippen LogP contribution in [-0.2, 0) is 9.59 Å². The van der Waals surface area contributed by atoms with Gasteiger partial charge in [-0.2, -0.15) is 5.26 Å². The molecule has 0 fully saturated rings. The molecule has 0 unspecified atom stereocenters. The van der Waals surface area contributed by atoms with Crippen LogP contribution in [0.1, 0.15) is 11.1 Å². The second-order valence-electron chi connectivity index (χ2n) is 5.91. The summed E-state index contributed by atoms with van der Waals surface area (Å²) in [5.74, 6) is -1.01. The van der Waals surface area contributed by atoms with Gasteiger partial charge >= 0.3 is 5.97 Å². The number of nitrogens with zero attached hydrogens (tertiary/aromatic N) is 2. The van der Waals surface area contributed by atoms with E-state index in [0.29, 0.717) is 16.9 Å². The number of carbonyl (C=O) groups excluding carboxylic acids is 2. The Morgan fingerprint density at radius 3 is 2.47 bits per heavy atom. The molecular formula is C20H17N3O7. The zero-order valence-electron chi connectivity index (χ0n) is 16.1. The summed E-state index contributed by atoms with van der Waals surface area (Å²) in [6.45, 7) is 1.17. The van der Waals surface area contributed by atoms with Crippen LogP contribution >= 0.6 is 0 Å². The lowest BCUT2D eigenvalue weighted by Crippen LogP contribution is -2.18.